The van der Waals surface area contributed by atoms with Crippen LogP contribution >= 0.6 is 0 Å². The molecule has 3 N–H and O–H groups in total. The molecular formula is C10H13FN2. The van der Waals surface area contributed by atoms with E-state index in [1.54, 1.807) is 24.3 Å². The maximum absolute atomic E-state index is 13.2. The Balaban J connectivity index is 2.83. The van der Waals surface area contributed by atoms with Crippen molar-refractivity contribution in [1.82, 2.24) is 5.32 Å². The smallest absolute Gasteiger partial charge is 0.153 e. The van der Waals surface area contributed by atoms with Crippen LogP contribution in [0.3, 0.4) is 0 Å². The zero-order valence-electron chi connectivity index (χ0n) is 7.55. The van der Waals surface area contributed by atoms with Gasteiger partial charge in [-0.25, -0.2) is 4.39 Å². The van der Waals surface area contributed by atoms with Gasteiger partial charge in [-0.1, -0.05) is 24.3 Å². The Morgan fingerprint density at radius 3 is 3.00 bits per heavy atom. The SMILES string of the molecule is CNCC=Cc1cccc(N)c1F. The molecular weight excluding hydrogens is 167 g/mol. The molecule has 0 aliphatic carbocycles. The molecule has 3 heteroatoms. The predicted molar refractivity (Wildman–Crippen MR) is 53.8 cm³/mol. The van der Waals surface area contributed by atoms with E-state index in [0.29, 0.717) is 12.1 Å². The van der Waals surface area contributed by atoms with Crippen LogP contribution in [0.4, 0.5) is 10.1 Å². The Hall–Kier alpha value is -1.35. The molecule has 0 saturated heterocycles. The fraction of sp³-hybridized carbons (Fsp3) is 0.200. The Bertz CT molecular complexity index is 308. The lowest BCUT2D eigenvalue weighted by Gasteiger charge is -1.99. The molecule has 1 rings (SSSR count). The van der Waals surface area contributed by atoms with Crippen molar-refractivity contribution in [2.24, 2.45) is 0 Å². The summed E-state index contributed by atoms with van der Waals surface area (Å²) >= 11 is 0. The summed E-state index contributed by atoms with van der Waals surface area (Å²) in [5.41, 5.74) is 6.11. The van der Waals surface area contributed by atoms with Gasteiger partial charge in [0.2, 0.25) is 0 Å². The van der Waals surface area contributed by atoms with Gasteiger partial charge in [-0.2, -0.15) is 0 Å². The maximum atomic E-state index is 13.2. The predicted octanol–water partition coefficient (Wildman–Crippen LogP) is 1.64. The second-order valence-electron chi connectivity index (χ2n) is 2.71. The molecule has 0 heterocycles. The van der Waals surface area contributed by atoms with Gasteiger partial charge >= 0.3 is 0 Å². The van der Waals surface area contributed by atoms with Gasteiger partial charge in [0.15, 0.2) is 5.82 Å². The number of likely N-dealkylation sites (N-methyl/N-ethyl adjacent to an activating group) is 1. The van der Waals surface area contributed by atoms with Gasteiger partial charge in [0, 0.05) is 12.1 Å². The van der Waals surface area contributed by atoms with Crippen LogP contribution in [0.5, 0.6) is 0 Å². The van der Waals surface area contributed by atoms with Crippen LogP contribution in [0.25, 0.3) is 6.08 Å². The first-order valence-corrected chi connectivity index (χ1v) is 4.11. The van der Waals surface area contributed by atoms with Crippen LogP contribution in [0, 0.1) is 5.82 Å². The van der Waals surface area contributed by atoms with Crippen molar-refractivity contribution < 1.29 is 4.39 Å². The average molecular weight is 180 g/mol. The minimum atomic E-state index is -0.352. The molecule has 0 amide bonds. The summed E-state index contributed by atoms with van der Waals surface area (Å²) in [5, 5.41) is 2.93. The van der Waals surface area contributed by atoms with Gasteiger partial charge in [-0.15, -0.1) is 0 Å². The maximum Gasteiger partial charge on any atom is 0.153 e. The lowest BCUT2D eigenvalue weighted by atomic mass is 10.2. The highest BCUT2D eigenvalue weighted by Crippen LogP contribution is 2.15. The molecule has 0 spiro atoms. The first-order valence-electron chi connectivity index (χ1n) is 4.11. The number of nitrogen functional groups attached to an aromatic ring is 1. The van der Waals surface area contributed by atoms with Gasteiger partial charge in [0.05, 0.1) is 5.69 Å². The van der Waals surface area contributed by atoms with Crippen molar-refractivity contribution >= 4 is 11.8 Å². The highest BCUT2D eigenvalue weighted by molar-refractivity contribution is 5.57. The number of nitrogens with two attached hydrogens (primary N) is 1. The summed E-state index contributed by atoms with van der Waals surface area (Å²) in [4.78, 5) is 0. The van der Waals surface area contributed by atoms with Crippen molar-refractivity contribution in [3.05, 3.63) is 35.7 Å². The number of nitrogens with one attached hydrogen (secondary N) is 1. The fourth-order valence-electron chi connectivity index (χ4n) is 1.00. The first-order chi connectivity index (χ1) is 6.25. The highest BCUT2D eigenvalue weighted by atomic mass is 19.1. The van der Waals surface area contributed by atoms with E-state index in [4.69, 9.17) is 5.73 Å². The summed E-state index contributed by atoms with van der Waals surface area (Å²) in [5.74, 6) is -0.352. The minimum absolute atomic E-state index is 0.187. The van der Waals surface area contributed by atoms with E-state index in [2.05, 4.69) is 5.32 Å². The molecule has 0 atom stereocenters. The van der Waals surface area contributed by atoms with Crippen LogP contribution in [-0.4, -0.2) is 13.6 Å². The number of benzene rings is 1. The molecule has 0 fully saturated rings. The molecule has 2 nitrogen and oxygen atoms in total. The molecule has 13 heavy (non-hydrogen) atoms. The third kappa shape index (κ3) is 2.56. The topological polar surface area (TPSA) is 38.0 Å². The number of hydrogen-bond donors (Lipinski definition) is 2. The van der Waals surface area contributed by atoms with Gasteiger partial charge in [-0.05, 0) is 13.1 Å². The molecule has 1 aromatic carbocycles. The molecule has 0 radical (unpaired) electrons. The lowest BCUT2D eigenvalue weighted by Crippen LogP contribution is -2.03. The van der Waals surface area contributed by atoms with E-state index >= 15 is 0 Å². The normalized spacial score (nSPS) is 10.9. The van der Waals surface area contributed by atoms with E-state index in [-0.39, 0.29) is 11.5 Å². The Morgan fingerprint density at radius 1 is 1.54 bits per heavy atom. The first kappa shape index (κ1) is 9.74. The quantitative estimate of drug-likeness (QED) is 0.694. The van der Waals surface area contributed by atoms with Crippen LogP contribution in [0.2, 0.25) is 0 Å². The number of anilines is 1. The number of rotatable bonds is 3. The van der Waals surface area contributed by atoms with E-state index < -0.39 is 0 Å². The van der Waals surface area contributed by atoms with E-state index in [9.17, 15) is 4.39 Å². The summed E-state index contributed by atoms with van der Waals surface area (Å²) in [6.07, 6.45) is 3.56. The van der Waals surface area contributed by atoms with Crippen molar-refractivity contribution in [1.29, 1.82) is 0 Å². The van der Waals surface area contributed by atoms with Gasteiger partial charge < -0.3 is 11.1 Å². The van der Waals surface area contributed by atoms with Crippen molar-refractivity contribution in [2.45, 2.75) is 0 Å². The second kappa shape index (κ2) is 4.62. The largest absolute Gasteiger partial charge is 0.396 e. The number of halogens is 1. The zero-order valence-corrected chi connectivity index (χ0v) is 7.55. The summed E-state index contributed by atoms with van der Waals surface area (Å²) in [6.45, 7) is 0.717. The average Bonchev–Trinajstić information content (AvgIpc) is 2.13. The third-order valence-electron chi connectivity index (χ3n) is 1.68. The van der Waals surface area contributed by atoms with Crippen LogP contribution < -0.4 is 11.1 Å². The van der Waals surface area contributed by atoms with Gasteiger partial charge in [0.25, 0.3) is 0 Å². The molecule has 0 saturated carbocycles. The van der Waals surface area contributed by atoms with E-state index in [1.807, 2.05) is 13.1 Å². The van der Waals surface area contributed by atoms with Crippen molar-refractivity contribution in [3.8, 4) is 0 Å². The monoisotopic (exact) mass is 180 g/mol. The lowest BCUT2D eigenvalue weighted by molar-refractivity contribution is 0.630. The van der Waals surface area contributed by atoms with Crippen LogP contribution in [-0.2, 0) is 0 Å². The Morgan fingerprint density at radius 2 is 2.31 bits per heavy atom. The molecule has 0 unspecified atom stereocenters. The minimum Gasteiger partial charge on any atom is -0.396 e. The summed E-state index contributed by atoms with van der Waals surface area (Å²) in [6, 6.07) is 4.97. The Kier molecular flexibility index (Phi) is 3.46. The fourth-order valence-corrected chi connectivity index (χ4v) is 1.00. The molecule has 0 aromatic heterocycles. The molecule has 70 valence electrons. The number of hydrogen-bond acceptors (Lipinski definition) is 2. The second-order valence-corrected chi connectivity index (χ2v) is 2.71. The molecule has 0 aliphatic heterocycles. The van der Waals surface area contributed by atoms with Gasteiger partial charge in [0.1, 0.15) is 0 Å². The summed E-state index contributed by atoms with van der Waals surface area (Å²) < 4.78 is 13.2. The van der Waals surface area contributed by atoms with Crippen molar-refractivity contribution in [3.63, 3.8) is 0 Å². The summed E-state index contributed by atoms with van der Waals surface area (Å²) in [7, 11) is 1.83. The molecule has 0 aliphatic rings. The molecule has 0 bridgehead atoms. The Labute approximate surface area is 77.3 Å². The third-order valence-corrected chi connectivity index (χ3v) is 1.68. The van der Waals surface area contributed by atoms with Gasteiger partial charge in [-0.3, -0.25) is 0 Å². The van der Waals surface area contributed by atoms with Crippen molar-refractivity contribution in [2.75, 3.05) is 19.3 Å². The van der Waals surface area contributed by atoms with E-state index in [1.165, 1.54) is 0 Å². The zero-order chi connectivity index (χ0) is 9.68. The standard InChI is InChI=1S/C10H13FN2/c1-13-7-3-5-8-4-2-6-9(12)10(8)11/h2-6,13H,7,12H2,1H3. The van der Waals surface area contributed by atoms with E-state index in [0.717, 1.165) is 0 Å². The van der Waals surface area contributed by atoms with Crippen LogP contribution in [0.1, 0.15) is 5.56 Å². The van der Waals surface area contributed by atoms with Crippen LogP contribution in [0.15, 0.2) is 24.3 Å². The molecule has 1 aromatic rings. The highest BCUT2D eigenvalue weighted by Gasteiger charge is 2.00.